The van der Waals surface area contributed by atoms with Crippen molar-refractivity contribution in [2.24, 2.45) is 0 Å². The van der Waals surface area contributed by atoms with E-state index in [2.05, 4.69) is 4.74 Å². The lowest BCUT2D eigenvalue weighted by atomic mass is 10.1. The molecule has 0 saturated heterocycles. The molecule has 2 aromatic rings. The maximum atomic E-state index is 12.2. The van der Waals surface area contributed by atoms with Gasteiger partial charge in [0.2, 0.25) is 5.75 Å². The Bertz CT molecular complexity index is 785. The van der Waals surface area contributed by atoms with Gasteiger partial charge >= 0.3 is 5.97 Å². The molecule has 0 aliphatic carbocycles. The zero-order valence-corrected chi connectivity index (χ0v) is 11.8. The molecule has 21 heavy (non-hydrogen) atoms. The minimum atomic E-state index is -0.718. The number of methoxy groups -OCH3 is 2. The van der Waals surface area contributed by atoms with Crippen molar-refractivity contribution in [1.82, 2.24) is 0 Å². The molecule has 0 radical (unpaired) electrons. The Morgan fingerprint density at radius 3 is 2.62 bits per heavy atom. The van der Waals surface area contributed by atoms with Crippen LogP contribution in [0.25, 0.3) is 17.0 Å². The number of benzene rings is 1. The third kappa shape index (κ3) is 2.47. The average Bonchev–Trinajstić information content (AvgIpc) is 2.47. The molecule has 0 amide bonds. The molecule has 0 atom stereocenters. The molecule has 2 rings (SSSR count). The molecule has 110 valence electrons. The van der Waals surface area contributed by atoms with Crippen LogP contribution in [-0.2, 0) is 4.74 Å². The topological polar surface area (TPSA) is 86.0 Å². The Kier molecular flexibility index (Phi) is 3.98. The lowest BCUT2D eigenvalue weighted by Crippen LogP contribution is -2.10. The predicted molar refractivity (Wildman–Crippen MR) is 76.7 cm³/mol. The number of hydrogen-bond acceptors (Lipinski definition) is 6. The summed E-state index contributed by atoms with van der Waals surface area (Å²) in [5.41, 5.74) is -0.596. The lowest BCUT2D eigenvalue weighted by Gasteiger charge is -2.10. The minimum Gasteiger partial charge on any atom is -0.502 e. The molecule has 0 unspecified atom stereocenters. The smallest absolute Gasteiger partial charge is 0.338 e. The summed E-state index contributed by atoms with van der Waals surface area (Å²) >= 11 is 0. The van der Waals surface area contributed by atoms with Gasteiger partial charge in [0.05, 0.1) is 25.2 Å². The highest BCUT2D eigenvalue weighted by Gasteiger charge is 2.22. The van der Waals surface area contributed by atoms with Crippen LogP contribution in [0.15, 0.2) is 27.4 Å². The molecular formula is C15H14O6. The normalized spacial score (nSPS) is 11.0. The molecule has 0 fully saturated rings. The first-order valence-corrected chi connectivity index (χ1v) is 6.12. The summed E-state index contributed by atoms with van der Waals surface area (Å²) in [6, 6.07) is 2.48. The van der Waals surface area contributed by atoms with Gasteiger partial charge in [0.1, 0.15) is 5.76 Å². The SMILES string of the molecule is CC=Cc1cc(=O)c2c(C(=O)OC)cc(OC)c(O)c2o1. The summed E-state index contributed by atoms with van der Waals surface area (Å²) in [5, 5.41) is 10.1. The van der Waals surface area contributed by atoms with Crippen LogP contribution in [0, 0.1) is 0 Å². The van der Waals surface area contributed by atoms with Crippen LogP contribution in [0.3, 0.4) is 0 Å². The number of carbonyl (C=O) groups is 1. The highest BCUT2D eigenvalue weighted by atomic mass is 16.5. The van der Waals surface area contributed by atoms with E-state index in [1.807, 2.05) is 0 Å². The predicted octanol–water partition coefficient (Wildman–Crippen LogP) is 2.33. The Balaban J connectivity index is 2.96. The Hall–Kier alpha value is -2.76. The first-order chi connectivity index (χ1) is 10.0. The van der Waals surface area contributed by atoms with Crippen LogP contribution in [-0.4, -0.2) is 25.3 Å². The highest BCUT2D eigenvalue weighted by molar-refractivity contribution is 6.05. The fourth-order valence-corrected chi connectivity index (χ4v) is 1.99. The van der Waals surface area contributed by atoms with E-state index in [-0.39, 0.29) is 33.8 Å². The quantitative estimate of drug-likeness (QED) is 0.873. The van der Waals surface area contributed by atoms with Gasteiger partial charge in [-0.3, -0.25) is 4.79 Å². The molecule has 0 aliphatic rings. The number of fused-ring (bicyclic) bond motifs is 1. The van der Waals surface area contributed by atoms with Gasteiger partial charge in [-0.1, -0.05) is 6.08 Å². The first kappa shape index (κ1) is 14.6. The fraction of sp³-hybridized carbons (Fsp3) is 0.200. The Morgan fingerprint density at radius 2 is 2.05 bits per heavy atom. The second-order valence-electron chi connectivity index (χ2n) is 4.18. The van der Waals surface area contributed by atoms with E-state index >= 15 is 0 Å². The second-order valence-corrected chi connectivity index (χ2v) is 4.18. The molecular weight excluding hydrogens is 276 g/mol. The van der Waals surface area contributed by atoms with Gasteiger partial charge in [-0.2, -0.15) is 0 Å². The Morgan fingerprint density at radius 1 is 1.33 bits per heavy atom. The molecule has 0 saturated carbocycles. The molecule has 1 aromatic carbocycles. The second kappa shape index (κ2) is 5.70. The largest absolute Gasteiger partial charge is 0.502 e. The number of aromatic hydroxyl groups is 1. The number of phenolic OH excluding ortho intramolecular Hbond substituents is 1. The summed E-state index contributed by atoms with van der Waals surface area (Å²) in [5.74, 6) is -0.786. The van der Waals surface area contributed by atoms with Gasteiger partial charge in [0.25, 0.3) is 0 Å². The van der Waals surface area contributed by atoms with Gasteiger partial charge in [-0.25, -0.2) is 4.79 Å². The van der Waals surface area contributed by atoms with Crippen LogP contribution in [0.2, 0.25) is 0 Å². The van der Waals surface area contributed by atoms with E-state index in [1.165, 1.54) is 26.4 Å². The monoisotopic (exact) mass is 290 g/mol. The number of rotatable bonds is 3. The van der Waals surface area contributed by atoms with Gasteiger partial charge in [0.15, 0.2) is 16.8 Å². The van der Waals surface area contributed by atoms with Gasteiger partial charge < -0.3 is 19.0 Å². The maximum Gasteiger partial charge on any atom is 0.338 e. The van der Waals surface area contributed by atoms with Crippen molar-refractivity contribution in [1.29, 1.82) is 0 Å². The van der Waals surface area contributed by atoms with Crippen LogP contribution >= 0.6 is 0 Å². The van der Waals surface area contributed by atoms with Crippen LogP contribution in [0.4, 0.5) is 0 Å². The Labute approximate surface area is 120 Å². The van der Waals surface area contributed by atoms with Crippen molar-refractivity contribution in [3.05, 3.63) is 39.8 Å². The molecule has 0 aliphatic heterocycles. The summed E-state index contributed by atoms with van der Waals surface area (Å²) in [7, 11) is 2.53. The van der Waals surface area contributed by atoms with Crippen molar-refractivity contribution in [3.63, 3.8) is 0 Å². The average molecular weight is 290 g/mol. The molecule has 1 aromatic heterocycles. The maximum absolute atomic E-state index is 12.2. The molecule has 0 spiro atoms. The fourth-order valence-electron chi connectivity index (χ4n) is 1.99. The molecule has 1 heterocycles. The summed E-state index contributed by atoms with van der Waals surface area (Å²) < 4.78 is 15.1. The zero-order valence-electron chi connectivity index (χ0n) is 11.8. The van der Waals surface area contributed by atoms with Crippen LogP contribution < -0.4 is 10.2 Å². The molecule has 6 nitrogen and oxygen atoms in total. The summed E-state index contributed by atoms with van der Waals surface area (Å²) in [4.78, 5) is 24.0. The van der Waals surface area contributed by atoms with Gasteiger partial charge in [-0.05, 0) is 19.1 Å². The van der Waals surface area contributed by atoms with E-state index in [0.717, 1.165) is 0 Å². The number of phenols is 1. The molecule has 0 bridgehead atoms. The summed E-state index contributed by atoms with van der Waals surface area (Å²) in [6.07, 6.45) is 3.25. The zero-order chi connectivity index (χ0) is 15.6. The van der Waals surface area contributed by atoms with E-state index < -0.39 is 11.4 Å². The number of esters is 1. The molecule has 1 N–H and O–H groups in total. The van der Waals surface area contributed by atoms with E-state index in [0.29, 0.717) is 0 Å². The van der Waals surface area contributed by atoms with Gasteiger partial charge in [-0.15, -0.1) is 0 Å². The highest BCUT2D eigenvalue weighted by Crippen LogP contribution is 2.36. The van der Waals surface area contributed by atoms with Crippen LogP contribution in [0.5, 0.6) is 11.5 Å². The molecule has 6 heteroatoms. The number of carbonyl (C=O) groups excluding carboxylic acids is 1. The van der Waals surface area contributed by atoms with E-state index in [1.54, 1.807) is 19.1 Å². The van der Waals surface area contributed by atoms with Gasteiger partial charge in [0, 0.05) is 6.07 Å². The van der Waals surface area contributed by atoms with Crippen molar-refractivity contribution < 1.29 is 23.8 Å². The summed E-state index contributed by atoms with van der Waals surface area (Å²) in [6.45, 7) is 1.76. The van der Waals surface area contributed by atoms with E-state index in [4.69, 9.17) is 9.15 Å². The third-order valence-corrected chi connectivity index (χ3v) is 2.92. The lowest BCUT2D eigenvalue weighted by molar-refractivity contribution is 0.0602. The number of hydrogen-bond donors (Lipinski definition) is 1. The van der Waals surface area contributed by atoms with Crippen molar-refractivity contribution >= 4 is 23.0 Å². The third-order valence-electron chi connectivity index (χ3n) is 2.92. The van der Waals surface area contributed by atoms with Crippen molar-refractivity contribution in [2.75, 3.05) is 14.2 Å². The van der Waals surface area contributed by atoms with Crippen LogP contribution in [0.1, 0.15) is 23.0 Å². The van der Waals surface area contributed by atoms with E-state index in [9.17, 15) is 14.7 Å². The van der Waals surface area contributed by atoms with Crippen molar-refractivity contribution in [2.45, 2.75) is 6.92 Å². The first-order valence-electron chi connectivity index (χ1n) is 6.12. The number of allylic oxidation sites excluding steroid dienone is 1. The number of ether oxygens (including phenoxy) is 2. The standard InChI is InChI=1S/C15H14O6/c1-4-5-8-6-10(16)12-9(15(18)20-3)7-11(19-2)13(17)14(12)21-8/h4-7,17H,1-3H3. The minimum absolute atomic E-state index is 0.0173. The van der Waals surface area contributed by atoms with Crippen molar-refractivity contribution in [3.8, 4) is 11.5 Å².